The van der Waals surface area contributed by atoms with Crippen LogP contribution in [-0.4, -0.2) is 30.1 Å². The molecule has 0 N–H and O–H groups in total. The van der Waals surface area contributed by atoms with Crippen molar-refractivity contribution in [3.8, 4) is 0 Å². The fraction of sp³-hybridized carbons (Fsp3) is 0.615. The van der Waals surface area contributed by atoms with E-state index in [1.165, 1.54) is 6.92 Å². The van der Waals surface area contributed by atoms with Crippen molar-refractivity contribution in [2.75, 3.05) is 0 Å². The predicted molar refractivity (Wildman–Crippen MR) is 58.2 cm³/mol. The standard InChI is InChI=1S/C13H14O6/c1-4(2)12(16)18-9-5-3-6-8(7(5)11(14)15)13(17)19-10(6)9/h5-10H,1,3H2,2H3,(H,14,15)/p-1. The lowest BCUT2D eigenvalue weighted by Crippen LogP contribution is -2.47. The van der Waals surface area contributed by atoms with Gasteiger partial charge in [0, 0.05) is 29.3 Å². The Morgan fingerprint density at radius 2 is 2.11 bits per heavy atom. The summed E-state index contributed by atoms with van der Waals surface area (Å²) >= 11 is 0. The van der Waals surface area contributed by atoms with E-state index in [1.54, 1.807) is 0 Å². The molecule has 3 aliphatic rings. The quantitative estimate of drug-likeness (QED) is 0.481. The number of hydrogen-bond donors (Lipinski definition) is 0. The van der Waals surface area contributed by atoms with Gasteiger partial charge in [-0.3, -0.25) is 4.79 Å². The molecule has 6 nitrogen and oxygen atoms in total. The Labute approximate surface area is 109 Å². The summed E-state index contributed by atoms with van der Waals surface area (Å²) in [7, 11) is 0. The second kappa shape index (κ2) is 3.82. The first kappa shape index (κ1) is 12.2. The van der Waals surface area contributed by atoms with Gasteiger partial charge >= 0.3 is 11.9 Å². The molecule has 0 aromatic carbocycles. The van der Waals surface area contributed by atoms with Crippen LogP contribution in [0.15, 0.2) is 12.2 Å². The number of aliphatic carboxylic acids is 1. The van der Waals surface area contributed by atoms with Gasteiger partial charge < -0.3 is 19.4 Å². The van der Waals surface area contributed by atoms with Gasteiger partial charge in [0.15, 0.2) is 0 Å². The Balaban J connectivity index is 1.88. The highest BCUT2D eigenvalue weighted by molar-refractivity contribution is 5.88. The lowest BCUT2D eigenvalue weighted by molar-refractivity contribution is -0.315. The van der Waals surface area contributed by atoms with Gasteiger partial charge in [-0.25, -0.2) is 4.79 Å². The molecule has 2 bridgehead atoms. The third-order valence-electron chi connectivity index (χ3n) is 4.41. The van der Waals surface area contributed by atoms with Crippen LogP contribution in [-0.2, 0) is 23.9 Å². The number of carbonyl (C=O) groups is 3. The average Bonchev–Trinajstić information content (AvgIpc) is 2.91. The lowest BCUT2D eigenvalue weighted by atomic mass is 9.78. The number of rotatable bonds is 3. The van der Waals surface area contributed by atoms with Crippen molar-refractivity contribution < 1.29 is 29.0 Å². The zero-order valence-electron chi connectivity index (χ0n) is 10.3. The van der Waals surface area contributed by atoms with Gasteiger partial charge in [-0.2, -0.15) is 0 Å². The van der Waals surface area contributed by atoms with E-state index in [0.29, 0.717) is 6.42 Å². The van der Waals surface area contributed by atoms with Crippen LogP contribution in [0.3, 0.4) is 0 Å². The summed E-state index contributed by atoms with van der Waals surface area (Å²) in [4.78, 5) is 34.5. The number of esters is 2. The van der Waals surface area contributed by atoms with Gasteiger partial charge in [0.2, 0.25) is 0 Å². The SMILES string of the molecule is C=C(C)C(=O)OC1C2CC3C1OC(=O)C3C2C(=O)[O-]. The van der Waals surface area contributed by atoms with E-state index < -0.39 is 47.9 Å². The number of hydrogen-bond acceptors (Lipinski definition) is 6. The topological polar surface area (TPSA) is 92.7 Å². The first-order valence-corrected chi connectivity index (χ1v) is 6.19. The van der Waals surface area contributed by atoms with Crippen LogP contribution in [0, 0.1) is 23.7 Å². The fourth-order valence-electron chi connectivity index (χ4n) is 3.69. The molecule has 2 saturated carbocycles. The molecule has 102 valence electrons. The molecule has 0 aromatic heterocycles. The Hall–Kier alpha value is -1.85. The molecule has 2 aliphatic carbocycles. The second-order valence-corrected chi connectivity index (χ2v) is 5.49. The van der Waals surface area contributed by atoms with E-state index >= 15 is 0 Å². The molecule has 1 heterocycles. The van der Waals surface area contributed by atoms with Crippen molar-refractivity contribution >= 4 is 17.9 Å². The molecular formula is C13H13O6-. The van der Waals surface area contributed by atoms with Gasteiger partial charge in [-0.1, -0.05) is 6.58 Å². The van der Waals surface area contributed by atoms with Crippen molar-refractivity contribution in [2.24, 2.45) is 23.7 Å². The minimum atomic E-state index is -1.27. The molecular weight excluding hydrogens is 252 g/mol. The smallest absolute Gasteiger partial charge is 0.333 e. The van der Waals surface area contributed by atoms with Crippen LogP contribution in [0.2, 0.25) is 0 Å². The average molecular weight is 265 g/mol. The van der Waals surface area contributed by atoms with Gasteiger partial charge in [0.1, 0.15) is 12.2 Å². The van der Waals surface area contributed by atoms with Crippen LogP contribution in [0.1, 0.15) is 13.3 Å². The molecule has 0 radical (unpaired) electrons. The Morgan fingerprint density at radius 3 is 2.68 bits per heavy atom. The highest BCUT2D eigenvalue weighted by atomic mass is 16.6. The minimum absolute atomic E-state index is 0.177. The van der Waals surface area contributed by atoms with Gasteiger partial charge in [0.25, 0.3) is 0 Å². The van der Waals surface area contributed by atoms with Crippen molar-refractivity contribution in [3.05, 3.63) is 12.2 Å². The van der Waals surface area contributed by atoms with Crippen molar-refractivity contribution in [3.63, 3.8) is 0 Å². The van der Waals surface area contributed by atoms with Crippen LogP contribution in [0.4, 0.5) is 0 Å². The van der Waals surface area contributed by atoms with Gasteiger partial charge in [-0.05, 0) is 13.3 Å². The molecule has 6 atom stereocenters. The number of ether oxygens (including phenoxy) is 2. The van der Waals surface area contributed by atoms with Gasteiger partial charge in [-0.15, -0.1) is 0 Å². The second-order valence-electron chi connectivity index (χ2n) is 5.49. The summed E-state index contributed by atoms with van der Waals surface area (Å²) in [5.41, 5.74) is 0.230. The van der Waals surface area contributed by atoms with Crippen molar-refractivity contribution in [1.29, 1.82) is 0 Å². The molecule has 0 amide bonds. The van der Waals surface area contributed by atoms with E-state index in [9.17, 15) is 19.5 Å². The minimum Gasteiger partial charge on any atom is -0.550 e. The third kappa shape index (κ3) is 1.52. The van der Waals surface area contributed by atoms with Crippen LogP contribution in [0.5, 0.6) is 0 Å². The summed E-state index contributed by atoms with van der Waals surface area (Å²) in [5.74, 6) is -4.51. The first-order valence-electron chi connectivity index (χ1n) is 6.19. The normalized spacial score (nSPS) is 42.1. The molecule has 1 saturated heterocycles. The summed E-state index contributed by atoms with van der Waals surface area (Å²) < 4.78 is 10.4. The van der Waals surface area contributed by atoms with Crippen molar-refractivity contribution in [1.82, 2.24) is 0 Å². The largest absolute Gasteiger partial charge is 0.550 e. The number of carbonyl (C=O) groups excluding carboxylic acids is 3. The Kier molecular flexibility index (Phi) is 2.45. The number of carboxylic acids is 1. The summed E-state index contributed by atoms with van der Waals surface area (Å²) in [6.45, 7) is 4.99. The highest BCUT2D eigenvalue weighted by Crippen LogP contribution is 2.58. The molecule has 19 heavy (non-hydrogen) atoms. The third-order valence-corrected chi connectivity index (χ3v) is 4.41. The maximum Gasteiger partial charge on any atom is 0.333 e. The number of fused-ring (bicyclic) bond motifs is 1. The Bertz CT molecular complexity index is 495. The molecule has 3 rings (SSSR count). The summed E-state index contributed by atoms with van der Waals surface area (Å²) in [6.07, 6.45) is -0.686. The molecule has 3 fully saturated rings. The van der Waals surface area contributed by atoms with Crippen molar-refractivity contribution in [2.45, 2.75) is 25.6 Å². The van der Waals surface area contributed by atoms with Crippen LogP contribution < -0.4 is 5.11 Å². The van der Waals surface area contributed by atoms with E-state index in [4.69, 9.17) is 9.47 Å². The monoisotopic (exact) mass is 265 g/mol. The molecule has 0 aromatic rings. The van der Waals surface area contributed by atoms with E-state index in [0.717, 1.165) is 0 Å². The molecule has 6 unspecified atom stereocenters. The first-order chi connectivity index (χ1) is 8.91. The predicted octanol–water partition coefficient (Wildman–Crippen LogP) is -0.968. The summed E-state index contributed by atoms with van der Waals surface area (Å²) in [5, 5.41) is 11.2. The van der Waals surface area contributed by atoms with Crippen LogP contribution >= 0.6 is 0 Å². The molecule has 6 heteroatoms. The van der Waals surface area contributed by atoms with Crippen LogP contribution in [0.25, 0.3) is 0 Å². The maximum absolute atomic E-state index is 11.7. The van der Waals surface area contributed by atoms with Gasteiger partial charge in [0.05, 0.1) is 5.92 Å². The van der Waals surface area contributed by atoms with E-state index in [2.05, 4.69) is 6.58 Å². The lowest BCUT2D eigenvalue weighted by Gasteiger charge is -2.31. The summed E-state index contributed by atoms with van der Waals surface area (Å²) in [6, 6.07) is 0. The molecule has 1 aliphatic heterocycles. The molecule has 0 spiro atoms. The Morgan fingerprint density at radius 1 is 1.42 bits per heavy atom. The van der Waals surface area contributed by atoms with E-state index in [-0.39, 0.29) is 11.5 Å². The highest BCUT2D eigenvalue weighted by Gasteiger charge is 2.68. The fourth-order valence-corrected chi connectivity index (χ4v) is 3.69. The maximum atomic E-state index is 11.7. The number of carboxylic acid groups (broad SMARTS) is 1. The zero-order chi connectivity index (χ0) is 13.9. The zero-order valence-corrected chi connectivity index (χ0v) is 10.3. The van der Waals surface area contributed by atoms with E-state index in [1.807, 2.05) is 0 Å².